The number of carbonyl (C=O) groups is 1. The molecule has 0 aromatic carbocycles. The van der Waals surface area contributed by atoms with Crippen LogP contribution in [0.3, 0.4) is 0 Å². The smallest absolute Gasteiger partial charge is 0.313 e. The summed E-state index contributed by atoms with van der Waals surface area (Å²) in [6.07, 6.45) is 6.85. The number of aliphatic hydroxyl groups is 1. The Morgan fingerprint density at radius 1 is 1.33 bits per heavy atom. The fraction of sp³-hybridized carbons (Fsp3) is 0.222. The van der Waals surface area contributed by atoms with E-state index >= 15 is 0 Å². The van der Waals surface area contributed by atoms with Crippen LogP contribution in [0.15, 0.2) is 35.6 Å². The zero-order valence-electron chi connectivity index (χ0n) is 6.69. The van der Waals surface area contributed by atoms with E-state index in [2.05, 4.69) is 0 Å². The van der Waals surface area contributed by atoms with Gasteiger partial charge in [-0.25, -0.2) is 0 Å². The van der Waals surface area contributed by atoms with Crippen molar-refractivity contribution in [3.63, 3.8) is 0 Å². The van der Waals surface area contributed by atoms with E-state index in [-0.39, 0.29) is 5.76 Å². The Hall–Kier alpha value is -1.51. The highest BCUT2D eigenvalue weighted by atomic mass is 16.4. The molecule has 64 valence electrons. The second kappa shape index (κ2) is 3.26. The second-order valence-corrected chi connectivity index (χ2v) is 2.62. The van der Waals surface area contributed by atoms with Crippen molar-refractivity contribution in [1.82, 2.24) is 0 Å². The van der Waals surface area contributed by atoms with Gasteiger partial charge in [-0.2, -0.15) is 0 Å². The van der Waals surface area contributed by atoms with Crippen LogP contribution < -0.4 is 0 Å². The summed E-state index contributed by atoms with van der Waals surface area (Å²) in [5, 5.41) is 18.0. The van der Waals surface area contributed by atoms with Gasteiger partial charge in [-0.1, -0.05) is 24.3 Å². The van der Waals surface area contributed by atoms with Crippen LogP contribution >= 0.6 is 0 Å². The van der Waals surface area contributed by atoms with Gasteiger partial charge in [0, 0.05) is 5.57 Å². The molecule has 0 aliphatic heterocycles. The maximum atomic E-state index is 10.5. The van der Waals surface area contributed by atoms with Gasteiger partial charge in [-0.05, 0) is 6.92 Å². The van der Waals surface area contributed by atoms with E-state index in [1.807, 2.05) is 0 Å². The van der Waals surface area contributed by atoms with Crippen LogP contribution in [0.5, 0.6) is 0 Å². The average Bonchev–Trinajstić information content (AvgIpc) is 2.53. The zero-order valence-corrected chi connectivity index (χ0v) is 6.69. The van der Waals surface area contributed by atoms with Crippen molar-refractivity contribution in [2.24, 2.45) is 5.92 Å². The highest BCUT2D eigenvalue weighted by molar-refractivity contribution is 5.73. The number of aliphatic hydroxyl groups excluding tert-OH is 1. The lowest BCUT2D eigenvalue weighted by molar-refractivity contribution is -0.140. The average molecular weight is 166 g/mol. The van der Waals surface area contributed by atoms with Crippen molar-refractivity contribution in [2.75, 3.05) is 0 Å². The molecule has 0 saturated carbocycles. The quantitative estimate of drug-likeness (QED) is 0.613. The number of hydrogen-bond acceptors (Lipinski definition) is 2. The van der Waals surface area contributed by atoms with Gasteiger partial charge in [0.2, 0.25) is 0 Å². The second-order valence-electron chi connectivity index (χ2n) is 2.62. The maximum Gasteiger partial charge on any atom is 0.313 e. The summed E-state index contributed by atoms with van der Waals surface area (Å²) in [6, 6.07) is 0. The van der Waals surface area contributed by atoms with E-state index in [1.165, 1.54) is 6.92 Å². The lowest BCUT2D eigenvalue weighted by Gasteiger charge is -2.06. The Morgan fingerprint density at radius 2 is 1.83 bits per heavy atom. The summed E-state index contributed by atoms with van der Waals surface area (Å²) in [5.74, 6) is -1.95. The Morgan fingerprint density at radius 3 is 2.25 bits per heavy atom. The predicted octanol–water partition coefficient (Wildman–Crippen LogP) is 1.65. The van der Waals surface area contributed by atoms with Gasteiger partial charge >= 0.3 is 5.97 Å². The number of rotatable bonds is 2. The molecule has 0 aromatic heterocycles. The van der Waals surface area contributed by atoms with Gasteiger partial charge < -0.3 is 10.2 Å². The summed E-state index contributed by atoms with van der Waals surface area (Å²) in [5.41, 5.74) is 0.574. The summed E-state index contributed by atoms with van der Waals surface area (Å²) in [7, 11) is 0. The molecule has 2 N–H and O–H groups in total. The Kier molecular flexibility index (Phi) is 2.33. The maximum absolute atomic E-state index is 10.5. The van der Waals surface area contributed by atoms with Gasteiger partial charge in [0.15, 0.2) is 0 Å². The molecule has 3 nitrogen and oxygen atoms in total. The minimum absolute atomic E-state index is 0.0903. The number of hydrogen-bond donors (Lipinski definition) is 2. The van der Waals surface area contributed by atoms with E-state index in [0.29, 0.717) is 5.57 Å². The minimum atomic E-state index is -1.02. The normalized spacial score (nSPS) is 16.6. The van der Waals surface area contributed by atoms with Crippen LogP contribution in [0.2, 0.25) is 0 Å². The van der Waals surface area contributed by atoms with Gasteiger partial charge in [0.1, 0.15) is 11.7 Å². The Balaban J connectivity index is 2.88. The van der Waals surface area contributed by atoms with Crippen molar-refractivity contribution >= 4 is 5.97 Å². The van der Waals surface area contributed by atoms with E-state index in [9.17, 15) is 9.90 Å². The molecule has 0 saturated heterocycles. The lowest BCUT2D eigenvalue weighted by Crippen LogP contribution is -2.12. The van der Waals surface area contributed by atoms with Crippen molar-refractivity contribution in [2.45, 2.75) is 6.92 Å². The molecule has 1 aliphatic carbocycles. The van der Waals surface area contributed by atoms with E-state index < -0.39 is 11.9 Å². The van der Waals surface area contributed by atoms with Crippen molar-refractivity contribution in [1.29, 1.82) is 0 Å². The summed E-state index contributed by atoms with van der Waals surface area (Å²) in [6.45, 7) is 1.45. The third kappa shape index (κ3) is 1.56. The first kappa shape index (κ1) is 8.59. The lowest BCUT2D eigenvalue weighted by atomic mass is 10.1. The van der Waals surface area contributed by atoms with Gasteiger partial charge in [-0.3, -0.25) is 4.79 Å². The fourth-order valence-corrected chi connectivity index (χ4v) is 0.912. The molecule has 12 heavy (non-hydrogen) atoms. The first-order chi connectivity index (χ1) is 5.63. The molecule has 1 aliphatic rings. The van der Waals surface area contributed by atoms with Crippen LogP contribution in [0.4, 0.5) is 0 Å². The van der Waals surface area contributed by atoms with Crippen LogP contribution in [-0.4, -0.2) is 16.2 Å². The molecule has 0 spiro atoms. The van der Waals surface area contributed by atoms with Gasteiger partial charge in [-0.15, -0.1) is 0 Å². The fourth-order valence-electron chi connectivity index (χ4n) is 0.912. The summed E-state index contributed by atoms with van der Waals surface area (Å²) < 4.78 is 0. The van der Waals surface area contributed by atoms with Crippen LogP contribution in [0.1, 0.15) is 6.92 Å². The molecule has 3 heteroatoms. The largest absolute Gasteiger partial charge is 0.511 e. The van der Waals surface area contributed by atoms with E-state index in [1.54, 1.807) is 24.3 Å². The third-order valence-corrected chi connectivity index (χ3v) is 1.74. The molecule has 1 unspecified atom stereocenters. The molecular formula is C9H10O3. The van der Waals surface area contributed by atoms with Gasteiger partial charge in [0.25, 0.3) is 0 Å². The van der Waals surface area contributed by atoms with Crippen LogP contribution in [-0.2, 0) is 4.79 Å². The topological polar surface area (TPSA) is 57.5 Å². The Labute approximate surface area is 70.3 Å². The van der Waals surface area contributed by atoms with Crippen molar-refractivity contribution < 1.29 is 15.0 Å². The Bertz CT molecular complexity index is 270. The monoisotopic (exact) mass is 166 g/mol. The molecule has 0 heterocycles. The number of aliphatic carboxylic acids is 1. The summed E-state index contributed by atoms with van der Waals surface area (Å²) >= 11 is 0. The first-order valence-electron chi connectivity index (χ1n) is 3.63. The van der Waals surface area contributed by atoms with E-state index in [0.717, 1.165) is 0 Å². The summed E-state index contributed by atoms with van der Waals surface area (Å²) in [4.78, 5) is 10.5. The molecule has 0 fully saturated rings. The standard InChI is InChI=1S/C9H10O3/c1-6(9(11)12)8(10)7-4-2-3-5-7/h2-6,10H,1H3,(H,11,12). The highest BCUT2D eigenvalue weighted by Crippen LogP contribution is 2.17. The molecule has 0 aromatic rings. The molecule has 0 amide bonds. The molecule has 0 bridgehead atoms. The third-order valence-electron chi connectivity index (χ3n) is 1.74. The van der Waals surface area contributed by atoms with Crippen molar-refractivity contribution in [3.8, 4) is 0 Å². The zero-order chi connectivity index (χ0) is 9.14. The predicted molar refractivity (Wildman–Crippen MR) is 44.7 cm³/mol. The van der Waals surface area contributed by atoms with E-state index in [4.69, 9.17) is 5.11 Å². The van der Waals surface area contributed by atoms with Crippen LogP contribution in [0, 0.1) is 5.92 Å². The molecule has 1 rings (SSSR count). The SMILES string of the molecule is CC(C(=O)O)C(O)=C1C=CC=C1. The van der Waals surface area contributed by atoms with Crippen LogP contribution in [0.25, 0.3) is 0 Å². The van der Waals surface area contributed by atoms with Crippen molar-refractivity contribution in [3.05, 3.63) is 35.6 Å². The minimum Gasteiger partial charge on any atom is -0.511 e. The molecule has 1 atom stereocenters. The number of carboxylic acids is 1. The number of carboxylic acid groups (broad SMARTS) is 1. The molecular weight excluding hydrogens is 156 g/mol. The highest BCUT2D eigenvalue weighted by Gasteiger charge is 2.18. The number of allylic oxidation sites excluding steroid dienone is 5. The van der Waals surface area contributed by atoms with Gasteiger partial charge in [0.05, 0.1) is 0 Å². The molecule has 0 radical (unpaired) electrons. The first-order valence-corrected chi connectivity index (χ1v) is 3.63.